The molecule has 2 aromatic carbocycles. The van der Waals surface area contributed by atoms with Crippen molar-refractivity contribution in [3.63, 3.8) is 0 Å². The number of amides is 1. The fraction of sp³-hybridized carbons (Fsp3) is 0.500. The second-order valence-corrected chi connectivity index (χ2v) is 13.4. The number of phenolic OH excluding ortho intramolecular Hbond substituents is 1. The number of likely N-dealkylation sites (tertiary alicyclic amines) is 1. The first-order valence-corrected chi connectivity index (χ1v) is 15.8. The Balaban J connectivity index is 1.09. The molecule has 1 aromatic heterocycles. The molecule has 8 rings (SSSR count). The van der Waals surface area contributed by atoms with Gasteiger partial charge in [0, 0.05) is 66.7 Å². The van der Waals surface area contributed by atoms with Gasteiger partial charge in [-0.25, -0.2) is 4.39 Å². The van der Waals surface area contributed by atoms with Gasteiger partial charge in [0.15, 0.2) is 0 Å². The molecule has 4 fully saturated rings. The molecule has 3 aromatic rings. The minimum Gasteiger partial charge on any atom is -0.508 e. The van der Waals surface area contributed by atoms with E-state index >= 15 is 0 Å². The van der Waals surface area contributed by atoms with Gasteiger partial charge in [0.25, 0.3) is 5.91 Å². The van der Waals surface area contributed by atoms with Crippen molar-refractivity contribution < 1.29 is 19.0 Å². The summed E-state index contributed by atoms with van der Waals surface area (Å²) < 4.78 is 20.1. The molecule has 1 amide bonds. The highest BCUT2D eigenvalue weighted by Gasteiger charge is 2.46. The van der Waals surface area contributed by atoms with E-state index in [0.29, 0.717) is 67.3 Å². The second kappa shape index (κ2) is 10.6. The fourth-order valence-electron chi connectivity index (χ4n) is 7.67. The lowest BCUT2D eigenvalue weighted by molar-refractivity contribution is 0.0752. The third-order valence-electron chi connectivity index (χ3n) is 10.1. The number of nitrogens with one attached hydrogen (secondary N) is 1. The number of terminal acetylenes is 1. The fourth-order valence-corrected chi connectivity index (χ4v) is 7.67. The molecule has 1 saturated carbocycles. The Labute approximate surface area is 256 Å². The first-order valence-electron chi connectivity index (χ1n) is 15.8. The Kier molecular flexibility index (Phi) is 6.65. The monoisotopic (exact) mass is 596 g/mol. The standard InChI is InChI=1S/C34H37FN6O3/c1-2-21-4-3-5-22-12-26(42)13-27(30(21)22)32(43)41-17-28-29(18-41)37-33(38-31(28)40-15-24-6-7-25(16-40)36-24)44-20-34(9-10-34)19-39-11-8-23(35)14-39/h1,3-5,12-13,23-25,36,42H,6-11,14-20H2. The van der Waals surface area contributed by atoms with E-state index in [4.69, 9.17) is 21.1 Å². The van der Waals surface area contributed by atoms with Crippen LogP contribution >= 0.6 is 0 Å². The predicted molar refractivity (Wildman–Crippen MR) is 164 cm³/mol. The van der Waals surface area contributed by atoms with Crippen molar-refractivity contribution in [2.45, 2.75) is 63.4 Å². The maximum absolute atomic E-state index is 14.1. The van der Waals surface area contributed by atoms with Gasteiger partial charge in [0.1, 0.15) is 17.7 Å². The van der Waals surface area contributed by atoms with Crippen molar-refractivity contribution >= 4 is 22.5 Å². The van der Waals surface area contributed by atoms with E-state index in [-0.39, 0.29) is 17.1 Å². The summed E-state index contributed by atoms with van der Waals surface area (Å²) in [5, 5.41) is 15.6. The van der Waals surface area contributed by atoms with E-state index in [1.165, 1.54) is 6.07 Å². The highest BCUT2D eigenvalue weighted by molar-refractivity contribution is 6.09. The van der Waals surface area contributed by atoms with Gasteiger partial charge in [0.2, 0.25) is 0 Å². The van der Waals surface area contributed by atoms with E-state index in [1.54, 1.807) is 11.0 Å². The molecule has 5 heterocycles. The molecule has 4 aliphatic heterocycles. The van der Waals surface area contributed by atoms with Crippen LogP contribution in [0.4, 0.5) is 10.2 Å². The summed E-state index contributed by atoms with van der Waals surface area (Å²) in [6.45, 7) is 5.01. The molecule has 3 saturated heterocycles. The molecule has 5 aliphatic rings. The molecule has 2 N–H and O–H groups in total. The number of anilines is 1. The molecule has 228 valence electrons. The Morgan fingerprint density at radius 3 is 2.68 bits per heavy atom. The van der Waals surface area contributed by atoms with Crippen molar-refractivity contribution in [3.8, 4) is 24.1 Å². The van der Waals surface area contributed by atoms with E-state index in [9.17, 15) is 14.3 Å². The van der Waals surface area contributed by atoms with Gasteiger partial charge in [-0.15, -0.1) is 6.42 Å². The van der Waals surface area contributed by atoms with Gasteiger partial charge in [-0.1, -0.05) is 18.1 Å². The number of hydrogen-bond acceptors (Lipinski definition) is 8. The molecule has 9 nitrogen and oxygen atoms in total. The molecule has 3 atom stereocenters. The summed E-state index contributed by atoms with van der Waals surface area (Å²) in [5.41, 5.74) is 2.74. The van der Waals surface area contributed by atoms with E-state index in [2.05, 4.69) is 21.0 Å². The van der Waals surface area contributed by atoms with Gasteiger partial charge in [-0.2, -0.15) is 9.97 Å². The van der Waals surface area contributed by atoms with E-state index < -0.39 is 6.17 Å². The van der Waals surface area contributed by atoms with Crippen LogP contribution < -0.4 is 15.0 Å². The van der Waals surface area contributed by atoms with Crippen LogP contribution in [0.2, 0.25) is 0 Å². The van der Waals surface area contributed by atoms with Crippen molar-refractivity contribution in [2.24, 2.45) is 5.41 Å². The molecule has 2 bridgehead atoms. The number of phenols is 1. The summed E-state index contributed by atoms with van der Waals surface area (Å²) in [7, 11) is 0. The number of halogens is 1. The van der Waals surface area contributed by atoms with Crippen molar-refractivity contribution in [2.75, 3.05) is 44.2 Å². The second-order valence-electron chi connectivity index (χ2n) is 13.4. The number of aromatic hydroxyl groups is 1. The molecular weight excluding hydrogens is 559 g/mol. The lowest BCUT2D eigenvalue weighted by Crippen LogP contribution is -2.51. The zero-order chi connectivity index (χ0) is 30.0. The lowest BCUT2D eigenvalue weighted by Gasteiger charge is -2.34. The molecule has 10 heteroatoms. The van der Waals surface area contributed by atoms with Gasteiger partial charge < -0.3 is 25.0 Å². The normalized spacial score (nSPS) is 25.3. The van der Waals surface area contributed by atoms with Crippen LogP contribution in [0.1, 0.15) is 59.3 Å². The van der Waals surface area contributed by atoms with Crippen LogP contribution in [0.3, 0.4) is 0 Å². The van der Waals surface area contributed by atoms with Crippen LogP contribution in [-0.2, 0) is 13.1 Å². The Morgan fingerprint density at radius 2 is 1.95 bits per heavy atom. The van der Waals surface area contributed by atoms with Gasteiger partial charge in [-0.05, 0) is 55.7 Å². The number of piperazine rings is 1. The minimum absolute atomic E-state index is 0.0177. The number of alkyl halides is 1. The summed E-state index contributed by atoms with van der Waals surface area (Å²) in [6.07, 6.45) is 10.1. The van der Waals surface area contributed by atoms with Gasteiger partial charge >= 0.3 is 6.01 Å². The Morgan fingerprint density at radius 1 is 1.14 bits per heavy atom. The van der Waals surface area contributed by atoms with E-state index in [0.717, 1.165) is 74.3 Å². The summed E-state index contributed by atoms with van der Waals surface area (Å²) in [5.74, 6) is 3.34. The topological polar surface area (TPSA) is 94.1 Å². The first-order chi connectivity index (χ1) is 21.4. The summed E-state index contributed by atoms with van der Waals surface area (Å²) in [4.78, 5) is 30.2. The summed E-state index contributed by atoms with van der Waals surface area (Å²) in [6, 6.07) is 9.80. The number of nitrogens with zero attached hydrogens (tertiary/aromatic N) is 5. The maximum atomic E-state index is 14.1. The molecular formula is C34H37FN6O3. The molecule has 1 aliphatic carbocycles. The van der Waals surface area contributed by atoms with Crippen LogP contribution in [0, 0.1) is 17.8 Å². The predicted octanol–water partition coefficient (Wildman–Crippen LogP) is 3.62. The van der Waals surface area contributed by atoms with Crippen molar-refractivity contribution in [1.82, 2.24) is 25.1 Å². The number of carbonyl (C=O) groups excluding carboxylic acids is 1. The number of aromatic nitrogens is 2. The first kappa shape index (κ1) is 27.6. The number of rotatable bonds is 7. The lowest BCUT2D eigenvalue weighted by atomic mass is 9.98. The Hall–Kier alpha value is -3.94. The highest BCUT2D eigenvalue weighted by atomic mass is 19.1. The third kappa shape index (κ3) is 5.02. The van der Waals surface area contributed by atoms with Crippen LogP contribution in [-0.4, -0.2) is 88.4 Å². The minimum atomic E-state index is -0.731. The molecule has 44 heavy (non-hydrogen) atoms. The smallest absolute Gasteiger partial charge is 0.318 e. The zero-order valence-corrected chi connectivity index (χ0v) is 24.8. The third-order valence-corrected chi connectivity index (χ3v) is 10.1. The zero-order valence-electron chi connectivity index (χ0n) is 24.8. The van der Waals surface area contributed by atoms with Gasteiger partial charge in [-0.3, -0.25) is 9.69 Å². The van der Waals surface area contributed by atoms with E-state index in [1.807, 2.05) is 18.2 Å². The van der Waals surface area contributed by atoms with Crippen LogP contribution in [0.25, 0.3) is 10.8 Å². The number of ether oxygens (including phenoxy) is 1. The number of fused-ring (bicyclic) bond motifs is 4. The molecule has 0 radical (unpaired) electrons. The van der Waals surface area contributed by atoms with Gasteiger partial charge in [0.05, 0.1) is 31.0 Å². The SMILES string of the molecule is C#Cc1cccc2cc(O)cc(C(=O)N3Cc4nc(OCC5(CN6CCC(F)C6)CC5)nc(N5CC6CCC(C5)N6)c4C3)c12. The van der Waals surface area contributed by atoms with Crippen LogP contribution in [0.15, 0.2) is 30.3 Å². The largest absolute Gasteiger partial charge is 0.508 e. The molecule has 0 spiro atoms. The number of hydrogen-bond donors (Lipinski definition) is 2. The van der Waals surface area contributed by atoms with Crippen molar-refractivity contribution in [3.05, 3.63) is 52.7 Å². The van der Waals surface area contributed by atoms with Crippen molar-refractivity contribution in [1.29, 1.82) is 0 Å². The Bertz CT molecular complexity index is 1670. The maximum Gasteiger partial charge on any atom is 0.318 e. The quantitative estimate of drug-likeness (QED) is 0.400. The average Bonchev–Trinajstić information content (AvgIpc) is 3.28. The summed E-state index contributed by atoms with van der Waals surface area (Å²) >= 11 is 0. The highest BCUT2D eigenvalue weighted by Crippen LogP contribution is 2.47. The average molecular weight is 597 g/mol. The number of benzene rings is 2. The number of carbonyl (C=O) groups is 1. The van der Waals surface area contributed by atoms with Crippen LogP contribution in [0.5, 0.6) is 11.8 Å². The molecule has 3 unspecified atom stereocenters.